The van der Waals surface area contributed by atoms with E-state index in [1.54, 1.807) is 13.8 Å². The largest absolute Gasteiger partial charge is 0.481 e. The molecule has 0 atom stereocenters. The lowest BCUT2D eigenvalue weighted by Crippen LogP contribution is -2.30. The lowest BCUT2D eigenvalue weighted by molar-refractivity contribution is -0.146. The first-order valence-electron chi connectivity index (χ1n) is 6.47. The highest BCUT2D eigenvalue weighted by Crippen LogP contribution is 2.34. The number of rotatable bonds is 3. The highest BCUT2D eigenvalue weighted by Gasteiger charge is 2.29. The zero-order valence-corrected chi connectivity index (χ0v) is 11.4. The standard InChI is InChI=1S/C15H21NO2/c1-15(2,14(17)18)10-12-7-4-6-11-8-5-9-16(3)13(11)12/h4,6-7H,5,8-10H2,1-3H3,(H,17,18). The second kappa shape index (κ2) is 4.63. The summed E-state index contributed by atoms with van der Waals surface area (Å²) in [5.74, 6) is -0.737. The number of aryl methyl sites for hydroxylation is 1. The fourth-order valence-corrected chi connectivity index (χ4v) is 2.65. The number of fused-ring (bicyclic) bond motifs is 1. The number of hydrogen-bond donors (Lipinski definition) is 1. The maximum atomic E-state index is 11.3. The summed E-state index contributed by atoms with van der Waals surface area (Å²) in [7, 11) is 2.09. The first-order valence-corrected chi connectivity index (χ1v) is 6.47. The Hall–Kier alpha value is -1.51. The van der Waals surface area contributed by atoms with Crippen LogP contribution in [-0.4, -0.2) is 24.7 Å². The van der Waals surface area contributed by atoms with Crippen LogP contribution in [0.1, 0.15) is 31.4 Å². The molecule has 0 aromatic heterocycles. The Bertz CT molecular complexity index is 466. The van der Waals surface area contributed by atoms with Crippen molar-refractivity contribution in [2.75, 3.05) is 18.5 Å². The molecule has 2 rings (SSSR count). The minimum Gasteiger partial charge on any atom is -0.481 e. The molecule has 1 aromatic carbocycles. The van der Waals surface area contributed by atoms with Gasteiger partial charge in [0.2, 0.25) is 0 Å². The van der Waals surface area contributed by atoms with E-state index in [1.807, 2.05) is 6.07 Å². The number of benzene rings is 1. The average Bonchev–Trinajstić information content (AvgIpc) is 2.28. The van der Waals surface area contributed by atoms with Crippen molar-refractivity contribution in [3.63, 3.8) is 0 Å². The summed E-state index contributed by atoms with van der Waals surface area (Å²) < 4.78 is 0. The van der Waals surface area contributed by atoms with Gasteiger partial charge in [0.1, 0.15) is 0 Å². The minimum absolute atomic E-state index is 0.579. The van der Waals surface area contributed by atoms with Crippen LogP contribution in [0.3, 0.4) is 0 Å². The molecule has 98 valence electrons. The molecule has 0 amide bonds. The van der Waals surface area contributed by atoms with Gasteiger partial charge in [0.05, 0.1) is 5.41 Å². The van der Waals surface area contributed by atoms with Gasteiger partial charge >= 0.3 is 5.97 Å². The molecule has 1 aliphatic heterocycles. The summed E-state index contributed by atoms with van der Waals surface area (Å²) in [6, 6.07) is 6.26. The van der Waals surface area contributed by atoms with Crippen molar-refractivity contribution in [1.29, 1.82) is 0 Å². The smallest absolute Gasteiger partial charge is 0.309 e. The van der Waals surface area contributed by atoms with Gasteiger partial charge in [-0.1, -0.05) is 18.2 Å². The minimum atomic E-state index is -0.737. The molecule has 3 nitrogen and oxygen atoms in total. The van der Waals surface area contributed by atoms with Gasteiger partial charge in [0.25, 0.3) is 0 Å². The first-order chi connectivity index (χ1) is 8.42. The predicted octanol–water partition coefficient (Wildman–Crippen LogP) is 2.72. The summed E-state index contributed by atoms with van der Waals surface area (Å²) in [5.41, 5.74) is 3.04. The van der Waals surface area contributed by atoms with Crippen LogP contribution in [0.15, 0.2) is 18.2 Å². The van der Waals surface area contributed by atoms with E-state index in [2.05, 4.69) is 24.1 Å². The van der Waals surface area contributed by atoms with Crippen molar-refractivity contribution >= 4 is 11.7 Å². The fraction of sp³-hybridized carbons (Fsp3) is 0.533. The average molecular weight is 247 g/mol. The highest BCUT2D eigenvalue weighted by atomic mass is 16.4. The number of carboxylic acid groups (broad SMARTS) is 1. The van der Waals surface area contributed by atoms with Crippen LogP contribution in [0, 0.1) is 5.41 Å². The maximum Gasteiger partial charge on any atom is 0.309 e. The quantitative estimate of drug-likeness (QED) is 0.892. The summed E-state index contributed by atoms with van der Waals surface area (Å²) >= 11 is 0. The SMILES string of the molecule is CN1CCCc2cccc(CC(C)(C)C(=O)O)c21. The monoisotopic (exact) mass is 247 g/mol. The van der Waals surface area contributed by atoms with Gasteiger partial charge in [-0.25, -0.2) is 0 Å². The highest BCUT2D eigenvalue weighted by molar-refractivity contribution is 5.75. The number of carbonyl (C=O) groups is 1. The Morgan fingerprint density at radius 3 is 2.83 bits per heavy atom. The maximum absolute atomic E-state index is 11.3. The molecule has 0 spiro atoms. The third-order valence-corrected chi connectivity index (χ3v) is 3.74. The Kier molecular flexibility index (Phi) is 3.33. The van der Waals surface area contributed by atoms with Crippen LogP contribution in [0.25, 0.3) is 0 Å². The first kappa shape index (κ1) is 12.9. The topological polar surface area (TPSA) is 40.5 Å². The number of para-hydroxylation sites is 1. The zero-order valence-electron chi connectivity index (χ0n) is 11.4. The summed E-state index contributed by atoms with van der Waals surface area (Å²) in [6.45, 7) is 4.63. The Balaban J connectivity index is 2.37. The molecule has 18 heavy (non-hydrogen) atoms. The van der Waals surface area contributed by atoms with Gasteiger partial charge in [-0.2, -0.15) is 0 Å². The normalized spacial score (nSPS) is 15.4. The van der Waals surface area contributed by atoms with Crippen LogP contribution in [0.5, 0.6) is 0 Å². The number of carboxylic acids is 1. The second-order valence-electron chi connectivity index (χ2n) is 5.82. The summed E-state index contributed by atoms with van der Waals surface area (Å²) in [4.78, 5) is 13.5. The molecule has 0 fully saturated rings. The van der Waals surface area contributed by atoms with E-state index in [0.717, 1.165) is 18.5 Å². The predicted molar refractivity (Wildman–Crippen MR) is 73.2 cm³/mol. The molecule has 0 aliphatic carbocycles. The number of aliphatic carboxylic acids is 1. The van der Waals surface area contributed by atoms with Crippen molar-refractivity contribution < 1.29 is 9.90 Å². The molecule has 1 N–H and O–H groups in total. The van der Waals surface area contributed by atoms with Crippen LogP contribution in [0.2, 0.25) is 0 Å². The van der Waals surface area contributed by atoms with Gasteiger partial charge in [-0.15, -0.1) is 0 Å². The summed E-state index contributed by atoms with van der Waals surface area (Å²) in [5, 5.41) is 9.26. The van der Waals surface area contributed by atoms with E-state index in [9.17, 15) is 9.90 Å². The number of anilines is 1. The van der Waals surface area contributed by atoms with Crippen LogP contribution >= 0.6 is 0 Å². The molecule has 0 saturated carbocycles. The van der Waals surface area contributed by atoms with E-state index in [0.29, 0.717) is 6.42 Å². The lowest BCUT2D eigenvalue weighted by atomic mass is 9.83. The molecule has 0 radical (unpaired) electrons. The Labute approximate surface area is 108 Å². The van der Waals surface area contributed by atoms with Crippen molar-refractivity contribution in [2.45, 2.75) is 33.1 Å². The lowest BCUT2D eigenvalue weighted by Gasteiger charge is -2.31. The zero-order chi connectivity index (χ0) is 13.3. The second-order valence-corrected chi connectivity index (χ2v) is 5.82. The summed E-state index contributed by atoms with van der Waals surface area (Å²) in [6.07, 6.45) is 2.85. The molecule has 3 heteroatoms. The fourth-order valence-electron chi connectivity index (χ4n) is 2.65. The molecular weight excluding hydrogens is 226 g/mol. The van der Waals surface area contributed by atoms with E-state index >= 15 is 0 Å². The molecular formula is C15H21NO2. The van der Waals surface area contributed by atoms with E-state index in [-0.39, 0.29) is 0 Å². The van der Waals surface area contributed by atoms with Gasteiger partial charge < -0.3 is 10.0 Å². The molecule has 1 heterocycles. The van der Waals surface area contributed by atoms with E-state index in [4.69, 9.17) is 0 Å². The van der Waals surface area contributed by atoms with Crippen LogP contribution < -0.4 is 4.90 Å². The Morgan fingerprint density at radius 2 is 2.17 bits per heavy atom. The van der Waals surface area contributed by atoms with Gasteiger partial charge in [0.15, 0.2) is 0 Å². The van der Waals surface area contributed by atoms with Crippen molar-refractivity contribution in [3.8, 4) is 0 Å². The van der Waals surface area contributed by atoms with Gasteiger partial charge in [0, 0.05) is 19.3 Å². The van der Waals surface area contributed by atoms with Gasteiger partial charge in [-0.05, 0) is 44.2 Å². The molecule has 1 aromatic rings. The molecule has 0 unspecified atom stereocenters. The van der Waals surface area contributed by atoms with Gasteiger partial charge in [-0.3, -0.25) is 4.79 Å². The van der Waals surface area contributed by atoms with Crippen LogP contribution in [-0.2, 0) is 17.6 Å². The van der Waals surface area contributed by atoms with Crippen molar-refractivity contribution in [3.05, 3.63) is 29.3 Å². The van der Waals surface area contributed by atoms with Crippen LogP contribution in [0.4, 0.5) is 5.69 Å². The third kappa shape index (κ3) is 2.35. The number of nitrogens with zero attached hydrogens (tertiary/aromatic N) is 1. The van der Waals surface area contributed by atoms with E-state index in [1.165, 1.54) is 17.7 Å². The molecule has 0 saturated heterocycles. The third-order valence-electron chi connectivity index (χ3n) is 3.74. The molecule has 0 bridgehead atoms. The van der Waals surface area contributed by atoms with Crippen molar-refractivity contribution in [2.24, 2.45) is 5.41 Å². The van der Waals surface area contributed by atoms with E-state index < -0.39 is 11.4 Å². The van der Waals surface area contributed by atoms with Crippen molar-refractivity contribution in [1.82, 2.24) is 0 Å². The Morgan fingerprint density at radius 1 is 1.44 bits per heavy atom. The number of hydrogen-bond acceptors (Lipinski definition) is 2. The molecule has 1 aliphatic rings.